The number of hydrogen-bond donors (Lipinski definition) is 0. The molecule has 7 nitrogen and oxygen atoms in total. The molecule has 2 aromatic heterocycles. The van der Waals surface area contributed by atoms with Crippen LogP contribution in [0, 0.1) is 17.1 Å². The average molecular weight is 486 g/mol. The molecular weight excluding hydrogens is 468 g/mol. The van der Waals surface area contributed by atoms with Crippen molar-refractivity contribution in [3.8, 4) is 29.2 Å². The van der Waals surface area contributed by atoms with Gasteiger partial charge in [-0.3, -0.25) is 4.68 Å². The molecule has 0 atom stereocenters. The maximum absolute atomic E-state index is 15.3. The zero-order chi connectivity index (χ0) is 23.5. The van der Waals surface area contributed by atoms with Crippen LogP contribution < -0.4 is 4.74 Å². The Kier molecular flexibility index (Phi) is 6.63. The summed E-state index contributed by atoms with van der Waals surface area (Å²) in [6.45, 7) is 2.08. The molecule has 0 aliphatic carbocycles. The van der Waals surface area contributed by atoms with Gasteiger partial charge in [-0.1, -0.05) is 42.6 Å². The zero-order valence-electron chi connectivity index (χ0n) is 17.8. The molecule has 4 rings (SSSR count). The first-order valence-corrected chi connectivity index (χ1v) is 10.8. The van der Waals surface area contributed by atoms with Crippen molar-refractivity contribution in [3.63, 3.8) is 0 Å². The highest BCUT2D eigenvalue weighted by Gasteiger charge is 2.19. The number of ether oxygens (including phenoxy) is 1. The van der Waals surface area contributed by atoms with Crippen molar-refractivity contribution < 1.29 is 13.5 Å². The summed E-state index contributed by atoms with van der Waals surface area (Å²) >= 11 is 12.2. The highest BCUT2D eigenvalue weighted by atomic mass is 35.5. The summed E-state index contributed by atoms with van der Waals surface area (Å²) < 4.78 is 28.3. The van der Waals surface area contributed by atoms with Gasteiger partial charge in [-0.15, -0.1) is 10.2 Å². The zero-order valence-corrected chi connectivity index (χ0v) is 19.3. The van der Waals surface area contributed by atoms with Crippen LogP contribution in [0.2, 0.25) is 10.0 Å². The average Bonchev–Trinajstić information content (AvgIpc) is 3.39. The Morgan fingerprint density at radius 3 is 2.76 bits per heavy atom. The summed E-state index contributed by atoms with van der Waals surface area (Å²) in [5.74, 6) is -0.139. The lowest BCUT2D eigenvalue weighted by molar-refractivity contribution is 0.437. The molecule has 0 saturated heterocycles. The third-order valence-electron chi connectivity index (χ3n) is 4.81. The number of rotatable bonds is 7. The van der Waals surface area contributed by atoms with Crippen molar-refractivity contribution in [2.75, 3.05) is 0 Å². The first-order chi connectivity index (χ1) is 15.9. The van der Waals surface area contributed by atoms with Gasteiger partial charge in [-0.2, -0.15) is 10.4 Å². The van der Waals surface area contributed by atoms with E-state index in [1.54, 1.807) is 11.7 Å². The van der Waals surface area contributed by atoms with Gasteiger partial charge in [-0.25, -0.2) is 4.39 Å². The molecule has 0 N–H and O–H groups in total. The van der Waals surface area contributed by atoms with Crippen LogP contribution in [-0.2, 0) is 19.9 Å². The molecule has 0 aliphatic heterocycles. The van der Waals surface area contributed by atoms with Crippen molar-refractivity contribution in [3.05, 3.63) is 75.0 Å². The number of hydrogen-bond acceptors (Lipinski definition) is 6. The van der Waals surface area contributed by atoms with Crippen molar-refractivity contribution in [2.24, 2.45) is 7.05 Å². The highest BCUT2D eigenvalue weighted by molar-refractivity contribution is 6.32. The minimum atomic E-state index is -0.675. The van der Waals surface area contributed by atoms with Crippen LogP contribution in [-0.4, -0.2) is 20.0 Å². The van der Waals surface area contributed by atoms with Crippen LogP contribution in [0.1, 0.15) is 36.1 Å². The van der Waals surface area contributed by atoms with E-state index in [9.17, 15) is 0 Å². The van der Waals surface area contributed by atoms with Crippen LogP contribution in [0.25, 0.3) is 11.6 Å². The number of aryl methyl sites for hydroxylation is 2. The van der Waals surface area contributed by atoms with Gasteiger partial charge < -0.3 is 9.15 Å². The second-order valence-electron chi connectivity index (χ2n) is 7.31. The maximum Gasteiger partial charge on any atom is 0.265 e. The summed E-state index contributed by atoms with van der Waals surface area (Å²) in [6, 6.07) is 11.3. The molecule has 0 fully saturated rings. The molecule has 0 aliphatic rings. The fraction of sp³-hybridized carbons (Fsp3) is 0.217. The first-order valence-electron chi connectivity index (χ1n) is 10.1. The number of aromatic nitrogens is 4. The maximum atomic E-state index is 15.3. The Bertz CT molecular complexity index is 1360. The summed E-state index contributed by atoms with van der Waals surface area (Å²) in [6.07, 6.45) is 1.85. The molecule has 4 aromatic rings. The second-order valence-corrected chi connectivity index (χ2v) is 8.15. The third-order valence-corrected chi connectivity index (χ3v) is 5.33. The molecule has 0 unspecified atom stereocenters. The Morgan fingerprint density at radius 2 is 2.00 bits per heavy atom. The van der Waals surface area contributed by atoms with Crippen LogP contribution in [0.3, 0.4) is 0 Å². The largest absolute Gasteiger partial charge is 0.453 e. The Hall–Kier alpha value is -3.41. The van der Waals surface area contributed by atoms with E-state index in [-0.39, 0.29) is 45.0 Å². The molecule has 0 radical (unpaired) electrons. The normalized spacial score (nSPS) is 10.9. The van der Waals surface area contributed by atoms with Gasteiger partial charge in [0.25, 0.3) is 5.89 Å². The van der Waals surface area contributed by atoms with Crippen LogP contribution in [0.4, 0.5) is 4.39 Å². The lowest BCUT2D eigenvalue weighted by Crippen LogP contribution is -1.98. The highest BCUT2D eigenvalue weighted by Crippen LogP contribution is 2.36. The van der Waals surface area contributed by atoms with Gasteiger partial charge in [0.2, 0.25) is 5.89 Å². The fourth-order valence-corrected chi connectivity index (χ4v) is 3.71. The number of benzene rings is 2. The summed E-state index contributed by atoms with van der Waals surface area (Å²) in [5, 5.41) is 22.0. The monoisotopic (exact) mass is 485 g/mol. The predicted molar refractivity (Wildman–Crippen MR) is 121 cm³/mol. The molecule has 33 heavy (non-hydrogen) atoms. The van der Waals surface area contributed by atoms with E-state index in [0.717, 1.165) is 18.5 Å². The molecule has 168 valence electrons. The van der Waals surface area contributed by atoms with Crippen molar-refractivity contribution >= 4 is 23.2 Å². The Labute approximate surface area is 199 Å². The Balaban J connectivity index is 1.59. The van der Waals surface area contributed by atoms with Gasteiger partial charge in [-0.05, 0) is 36.8 Å². The van der Waals surface area contributed by atoms with E-state index in [4.69, 9.17) is 37.6 Å². The standard InChI is InChI=1S/C23H18Cl2FN5O2/c1-3-4-16-11-19(31(2)30-16)23-29-28-20(33-23)9-14-5-6-18(25)22(21(14)26)32-17-8-13(12-27)7-15(24)10-17/h5-8,10-11H,3-4,9H2,1-2H3. The topological polar surface area (TPSA) is 89.8 Å². The Morgan fingerprint density at radius 1 is 1.18 bits per heavy atom. The third kappa shape index (κ3) is 5.00. The first kappa shape index (κ1) is 22.8. The van der Waals surface area contributed by atoms with E-state index in [0.29, 0.717) is 11.6 Å². The summed E-state index contributed by atoms with van der Waals surface area (Å²) in [5.41, 5.74) is 2.15. The quantitative estimate of drug-likeness (QED) is 0.313. The smallest absolute Gasteiger partial charge is 0.265 e. The SMILES string of the molecule is CCCc1cc(-c2nnc(Cc3ccc(Cl)c(Oc4cc(Cl)cc(C#N)c4)c3F)o2)n(C)n1. The second kappa shape index (κ2) is 9.61. The van der Waals surface area contributed by atoms with Crippen molar-refractivity contribution in [2.45, 2.75) is 26.2 Å². The van der Waals surface area contributed by atoms with E-state index in [1.165, 1.54) is 30.3 Å². The number of nitriles is 1. The lowest BCUT2D eigenvalue weighted by atomic mass is 10.1. The van der Waals surface area contributed by atoms with E-state index in [2.05, 4.69) is 22.2 Å². The number of halogens is 3. The fourth-order valence-electron chi connectivity index (χ4n) is 3.30. The number of nitrogens with zero attached hydrogens (tertiary/aromatic N) is 5. The molecule has 0 amide bonds. The molecule has 0 spiro atoms. The van der Waals surface area contributed by atoms with E-state index in [1.807, 2.05) is 12.1 Å². The van der Waals surface area contributed by atoms with Gasteiger partial charge in [0.15, 0.2) is 11.6 Å². The summed E-state index contributed by atoms with van der Waals surface area (Å²) in [4.78, 5) is 0. The lowest BCUT2D eigenvalue weighted by Gasteiger charge is -2.11. The minimum absolute atomic E-state index is 0.0328. The van der Waals surface area contributed by atoms with E-state index >= 15 is 4.39 Å². The van der Waals surface area contributed by atoms with Crippen molar-refractivity contribution in [1.82, 2.24) is 20.0 Å². The minimum Gasteiger partial charge on any atom is -0.453 e. The van der Waals surface area contributed by atoms with Gasteiger partial charge >= 0.3 is 0 Å². The molecule has 10 heteroatoms. The summed E-state index contributed by atoms with van der Waals surface area (Å²) in [7, 11) is 1.80. The van der Waals surface area contributed by atoms with Crippen LogP contribution in [0.5, 0.6) is 11.5 Å². The molecule has 2 heterocycles. The van der Waals surface area contributed by atoms with Crippen molar-refractivity contribution in [1.29, 1.82) is 5.26 Å². The molecular formula is C23H18Cl2FN5O2. The van der Waals surface area contributed by atoms with Gasteiger partial charge in [0.05, 0.1) is 28.8 Å². The molecule has 0 saturated carbocycles. The molecule has 0 bridgehead atoms. The van der Waals surface area contributed by atoms with Crippen LogP contribution >= 0.6 is 23.2 Å². The van der Waals surface area contributed by atoms with Gasteiger partial charge in [0.1, 0.15) is 11.4 Å². The molecule has 2 aromatic carbocycles. The van der Waals surface area contributed by atoms with E-state index < -0.39 is 5.82 Å². The van der Waals surface area contributed by atoms with Gasteiger partial charge in [0, 0.05) is 17.6 Å². The van der Waals surface area contributed by atoms with Crippen LogP contribution in [0.15, 0.2) is 40.8 Å². The predicted octanol–water partition coefficient (Wildman–Crippen LogP) is 6.12.